The molecule has 0 N–H and O–H groups in total. The van der Waals surface area contributed by atoms with Crippen LogP contribution in [0.25, 0.3) is 0 Å². The van der Waals surface area contributed by atoms with E-state index in [-0.39, 0.29) is 18.2 Å². The average Bonchev–Trinajstić information content (AvgIpc) is 2.63. The first-order chi connectivity index (χ1) is 12.8. The van der Waals surface area contributed by atoms with E-state index >= 15 is 0 Å². The highest BCUT2D eigenvalue weighted by atomic mass is 35.5. The minimum Gasteiger partial charge on any atom is -0.339 e. The smallest absolute Gasteiger partial charge is 0.248 e. The maximum atomic E-state index is 13.0. The fourth-order valence-electron chi connectivity index (χ4n) is 3.40. The van der Waals surface area contributed by atoms with E-state index in [9.17, 15) is 9.59 Å². The first-order valence-electron chi connectivity index (χ1n) is 8.84. The molecule has 0 bridgehead atoms. The van der Waals surface area contributed by atoms with Gasteiger partial charge in [-0.25, -0.2) is 0 Å². The van der Waals surface area contributed by atoms with Gasteiger partial charge in [-0.3, -0.25) is 9.59 Å². The van der Waals surface area contributed by atoms with Gasteiger partial charge in [0.15, 0.2) is 0 Å². The second kappa shape index (κ2) is 7.91. The fraction of sp³-hybridized carbons (Fsp3) is 0.333. The van der Waals surface area contributed by atoms with Crippen molar-refractivity contribution in [3.8, 4) is 0 Å². The number of likely N-dealkylation sites (tertiary alicyclic amines) is 1. The molecule has 0 aromatic heterocycles. The number of likely N-dealkylation sites (N-methyl/N-ethyl adjacent to an activating group) is 1. The highest BCUT2D eigenvalue weighted by Gasteiger charge is 2.50. The zero-order valence-electron chi connectivity index (χ0n) is 15.4. The zero-order valence-corrected chi connectivity index (χ0v) is 16.9. The summed E-state index contributed by atoms with van der Waals surface area (Å²) >= 11 is 11.8. The van der Waals surface area contributed by atoms with Crippen LogP contribution in [0.1, 0.15) is 24.5 Å². The second-order valence-electron chi connectivity index (χ2n) is 7.16. The van der Waals surface area contributed by atoms with Crippen molar-refractivity contribution in [3.05, 3.63) is 69.7 Å². The molecule has 0 saturated carbocycles. The largest absolute Gasteiger partial charge is 0.339 e. The summed E-state index contributed by atoms with van der Waals surface area (Å²) < 4.78 is 0. The average molecular weight is 405 g/mol. The van der Waals surface area contributed by atoms with Gasteiger partial charge in [-0.2, -0.15) is 0 Å². The Morgan fingerprint density at radius 1 is 1.00 bits per heavy atom. The molecule has 0 radical (unpaired) electrons. The quantitative estimate of drug-likeness (QED) is 0.749. The molecule has 1 atom stereocenters. The third-order valence-corrected chi connectivity index (χ3v) is 5.63. The molecule has 2 amide bonds. The second-order valence-corrected chi connectivity index (χ2v) is 8.03. The number of carbonyl (C=O) groups excluding carboxylic acids is 2. The topological polar surface area (TPSA) is 40.6 Å². The van der Waals surface area contributed by atoms with Crippen LogP contribution in [0.5, 0.6) is 0 Å². The van der Waals surface area contributed by atoms with Crippen molar-refractivity contribution in [2.75, 3.05) is 13.6 Å². The van der Waals surface area contributed by atoms with Gasteiger partial charge in [-0.1, -0.05) is 47.5 Å². The molecule has 2 aromatic carbocycles. The van der Waals surface area contributed by atoms with Gasteiger partial charge in [0.2, 0.25) is 11.8 Å². The molecule has 3 rings (SSSR count). The molecule has 27 heavy (non-hydrogen) atoms. The first kappa shape index (κ1) is 19.7. The standard InChI is InChI=1S/C21H22Cl2N2O2/c1-21(20(27)24(2)14-16-5-9-18(23)10-6-16)11-12-25(21)19(26)13-15-3-7-17(22)8-4-15/h3-10H,11-14H2,1-2H3. The van der Waals surface area contributed by atoms with E-state index in [2.05, 4.69) is 0 Å². The highest BCUT2D eigenvalue weighted by molar-refractivity contribution is 6.30. The minimum atomic E-state index is -0.787. The third-order valence-electron chi connectivity index (χ3n) is 5.13. The molecular weight excluding hydrogens is 383 g/mol. The number of nitrogens with zero attached hydrogens (tertiary/aromatic N) is 2. The number of benzene rings is 2. The predicted molar refractivity (Wildman–Crippen MR) is 108 cm³/mol. The van der Waals surface area contributed by atoms with Crippen molar-refractivity contribution in [3.63, 3.8) is 0 Å². The molecule has 142 valence electrons. The van der Waals surface area contributed by atoms with E-state index in [1.54, 1.807) is 29.0 Å². The molecule has 1 fully saturated rings. The van der Waals surface area contributed by atoms with Crippen LogP contribution in [-0.2, 0) is 22.6 Å². The summed E-state index contributed by atoms with van der Waals surface area (Å²) in [4.78, 5) is 29.1. The fourth-order valence-corrected chi connectivity index (χ4v) is 3.65. The van der Waals surface area contributed by atoms with Gasteiger partial charge in [0, 0.05) is 30.2 Å². The van der Waals surface area contributed by atoms with Crippen LogP contribution >= 0.6 is 23.2 Å². The summed E-state index contributed by atoms with van der Waals surface area (Å²) in [5, 5.41) is 1.30. The number of hydrogen-bond donors (Lipinski definition) is 0. The first-order valence-corrected chi connectivity index (χ1v) is 9.60. The van der Waals surface area contributed by atoms with E-state index in [0.717, 1.165) is 11.1 Å². The van der Waals surface area contributed by atoms with Gasteiger partial charge in [0.25, 0.3) is 0 Å². The molecule has 4 nitrogen and oxygen atoms in total. The number of halogens is 2. The van der Waals surface area contributed by atoms with Gasteiger partial charge in [-0.05, 0) is 48.7 Å². The zero-order chi connectivity index (χ0) is 19.6. The number of carbonyl (C=O) groups is 2. The summed E-state index contributed by atoms with van der Waals surface area (Å²) in [6, 6.07) is 14.6. The van der Waals surface area contributed by atoms with Crippen molar-refractivity contribution >= 4 is 35.0 Å². The molecule has 0 spiro atoms. The van der Waals surface area contributed by atoms with Crippen LogP contribution in [-0.4, -0.2) is 40.7 Å². The number of hydrogen-bond acceptors (Lipinski definition) is 2. The van der Waals surface area contributed by atoms with Crippen LogP contribution < -0.4 is 0 Å². The van der Waals surface area contributed by atoms with Crippen LogP contribution in [0.4, 0.5) is 0 Å². The van der Waals surface area contributed by atoms with E-state index in [1.807, 2.05) is 43.3 Å². The van der Waals surface area contributed by atoms with Gasteiger partial charge >= 0.3 is 0 Å². The Kier molecular flexibility index (Phi) is 5.78. The maximum Gasteiger partial charge on any atom is 0.248 e. The monoisotopic (exact) mass is 404 g/mol. The Bertz CT molecular complexity index is 836. The van der Waals surface area contributed by atoms with Crippen LogP contribution in [0.3, 0.4) is 0 Å². The molecule has 1 aliphatic rings. The molecule has 1 aliphatic heterocycles. The molecule has 2 aromatic rings. The van der Waals surface area contributed by atoms with Crippen LogP contribution in [0, 0.1) is 0 Å². The normalized spacial score (nSPS) is 18.7. The van der Waals surface area contributed by atoms with E-state index in [4.69, 9.17) is 23.2 Å². The summed E-state index contributed by atoms with van der Waals surface area (Å²) in [5.74, 6) is -0.0903. The lowest BCUT2D eigenvalue weighted by molar-refractivity contribution is -0.163. The van der Waals surface area contributed by atoms with Crippen LogP contribution in [0.15, 0.2) is 48.5 Å². The number of rotatable bonds is 5. The van der Waals surface area contributed by atoms with Gasteiger partial charge in [0.1, 0.15) is 5.54 Å². The molecule has 6 heteroatoms. The van der Waals surface area contributed by atoms with E-state index < -0.39 is 5.54 Å². The third kappa shape index (κ3) is 4.28. The Balaban J connectivity index is 1.65. The Morgan fingerprint density at radius 3 is 2.00 bits per heavy atom. The summed E-state index contributed by atoms with van der Waals surface area (Å²) in [7, 11) is 1.77. The van der Waals surface area contributed by atoms with E-state index in [0.29, 0.717) is 29.6 Å². The van der Waals surface area contributed by atoms with Crippen LogP contribution in [0.2, 0.25) is 10.0 Å². The molecular formula is C21H22Cl2N2O2. The Morgan fingerprint density at radius 2 is 1.52 bits per heavy atom. The van der Waals surface area contributed by atoms with Crippen molar-refractivity contribution < 1.29 is 9.59 Å². The molecule has 0 aliphatic carbocycles. The molecule has 1 saturated heterocycles. The lowest BCUT2D eigenvalue weighted by Crippen LogP contribution is -2.67. The van der Waals surface area contributed by atoms with Gasteiger partial charge < -0.3 is 9.80 Å². The molecule has 1 unspecified atom stereocenters. The van der Waals surface area contributed by atoms with Crippen molar-refractivity contribution in [1.82, 2.24) is 9.80 Å². The Hall–Kier alpha value is -2.04. The summed E-state index contributed by atoms with van der Waals surface area (Å²) in [5.41, 5.74) is 1.10. The van der Waals surface area contributed by atoms with Crippen molar-refractivity contribution in [2.45, 2.75) is 31.8 Å². The highest BCUT2D eigenvalue weighted by Crippen LogP contribution is 2.33. The number of amides is 2. The summed E-state index contributed by atoms with van der Waals surface area (Å²) in [6.07, 6.45) is 0.935. The lowest BCUT2D eigenvalue weighted by atomic mass is 9.84. The summed E-state index contributed by atoms with van der Waals surface area (Å²) in [6.45, 7) is 2.92. The SMILES string of the molecule is CN(Cc1ccc(Cl)cc1)C(=O)C1(C)CCN1C(=O)Cc1ccc(Cl)cc1. The predicted octanol–water partition coefficient (Wildman–Crippen LogP) is 4.19. The van der Waals surface area contributed by atoms with Crippen molar-refractivity contribution in [1.29, 1.82) is 0 Å². The van der Waals surface area contributed by atoms with Crippen molar-refractivity contribution in [2.24, 2.45) is 0 Å². The lowest BCUT2D eigenvalue weighted by Gasteiger charge is -2.50. The minimum absolute atomic E-state index is 0.0423. The maximum absolute atomic E-state index is 13.0. The van der Waals surface area contributed by atoms with Gasteiger partial charge in [-0.15, -0.1) is 0 Å². The van der Waals surface area contributed by atoms with E-state index in [1.165, 1.54) is 0 Å². The Labute approximate surface area is 169 Å². The molecule has 1 heterocycles. The van der Waals surface area contributed by atoms with Gasteiger partial charge in [0.05, 0.1) is 6.42 Å².